The summed E-state index contributed by atoms with van der Waals surface area (Å²) >= 11 is 1.76. The van der Waals surface area contributed by atoms with Crippen LogP contribution in [0.25, 0.3) is 0 Å². The smallest absolute Gasteiger partial charge is 0.154 e. The molecule has 0 spiro atoms. The maximum atomic E-state index is 6.00. The Balaban J connectivity index is 1.86. The number of para-hydroxylation sites is 1. The molecule has 1 aromatic carbocycles. The van der Waals surface area contributed by atoms with Crippen LogP contribution < -0.4 is 10.1 Å². The molecule has 0 fully saturated rings. The number of hydrogen-bond donors (Lipinski definition) is 1. The molecule has 1 N–H and O–H groups in total. The molecule has 100 valence electrons. The Morgan fingerprint density at radius 3 is 2.95 bits per heavy atom. The van der Waals surface area contributed by atoms with E-state index in [0.717, 1.165) is 22.9 Å². The Morgan fingerprint density at radius 1 is 1.42 bits per heavy atom. The minimum Gasteiger partial charge on any atom is -0.483 e. The lowest BCUT2D eigenvalue weighted by atomic mass is 10.1. The predicted molar refractivity (Wildman–Crippen MR) is 77.8 cm³/mol. The van der Waals surface area contributed by atoms with E-state index < -0.39 is 0 Å². The molecule has 1 aliphatic rings. The van der Waals surface area contributed by atoms with Crippen LogP contribution in [-0.2, 0) is 6.42 Å². The third kappa shape index (κ3) is 2.26. The van der Waals surface area contributed by atoms with Gasteiger partial charge < -0.3 is 10.1 Å². The maximum Gasteiger partial charge on any atom is 0.154 e. The van der Waals surface area contributed by atoms with Crippen LogP contribution in [0.1, 0.15) is 40.2 Å². The van der Waals surface area contributed by atoms with Crippen molar-refractivity contribution in [2.45, 2.75) is 32.4 Å². The van der Waals surface area contributed by atoms with Crippen molar-refractivity contribution in [2.24, 2.45) is 0 Å². The van der Waals surface area contributed by atoms with Gasteiger partial charge in [0, 0.05) is 17.3 Å². The lowest BCUT2D eigenvalue weighted by Crippen LogP contribution is -2.11. The van der Waals surface area contributed by atoms with Gasteiger partial charge >= 0.3 is 0 Å². The van der Waals surface area contributed by atoms with Crippen molar-refractivity contribution < 1.29 is 4.74 Å². The second kappa shape index (κ2) is 4.94. The van der Waals surface area contributed by atoms with Gasteiger partial charge in [0.1, 0.15) is 10.8 Å². The molecule has 2 atom stereocenters. The lowest BCUT2D eigenvalue weighted by molar-refractivity contribution is 0.238. The summed E-state index contributed by atoms with van der Waals surface area (Å²) in [7, 11) is 1.98. The maximum absolute atomic E-state index is 6.00. The molecule has 0 radical (unpaired) electrons. The summed E-state index contributed by atoms with van der Waals surface area (Å²) in [6.07, 6.45) is 1.01. The van der Waals surface area contributed by atoms with E-state index in [2.05, 4.69) is 31.3 Å². The number of fused-ring (bicyclic) bond motifs is 1. The third-order valence-corrected chi connectivity index (χ3v) is 5.03. The van der Waals surface area contributed by atoms with E-state index in [1.807, 2.05) is 19.2 Å². The highest BCUT2D eigenvalue weighted by Gasteiger charge is 2.27. The molecule has 0 bridgehead atoms. The minimum atomic E-state index is 0.0823. The number of thiazole rings is 1. The normalized spacial score (nSPS) is 19.0. The minimum absolute atomic E-state index is 0.0823. The van der Waals surface area contributed by atoms with Crippen LogP contribution in [0.2, 0.25) is 0 Å². The van der Waals surface area contributed by atoms with E-state index in [1.54, 1.807) is 11.3 Å². The molecule has 3 rings (SSSR count). The molecule has 0 saturated carbocycles. The predicted octanol–water partition coefficient (Wildman–Crippen LogP) is 3.41. The number of hydrogen-bond acceptors (Lipinski definition) is 4. The van der Waals surface area contributed by atoms with Crippen molar-refractivity contribution in [3.63, 3.8) is 0 Å². The van der Waals surface area contributed by atoms with Gasteiger partial charge in [-0.25, -0.2) is 4.98 Å². The topological polar surface area (TPSA) is 34.1 Å². The van der Waals surface area contributed by atoms with Gasteiger partial charge in [-0.05, 0) is 32.5 Å². The summed E-state index contributed by atoms with van der Waals surface area (Å²) in [5.74, 6) is 1.00. The molecule has 19 heavy (non-hydrogen) atoms. The molecule has 1 aromatic heterocycles. The number of benzene rings is 1. The van der Waals surface area contributed by atoms with Crippen molar-refractivity contribution in [2.75, 3.05) is 7.05 Å². The van der Waals surface area contributed by atoms with Crippen molar-refractivity contribution in [1.29, 1.82) is 0 Å². The molecule has 2 heterocycles. The molecule has 4 heteroatoms. The van der Waals surface area contributed by atoms with Crippen molar-refractivity contribution >= 4 is 11.3 Å². The summed E-state index contributed by atoms with van der Waals surface area (Å²) in [5, 5.41) is 4.36. The standard InChI is InChI=1S/C15H18N2OS/c1-9(16-3)14-10(2)17-15(19-14)13-8-11-6-4-5-7-12(11)18-13/h4-7,9,13,16H,8H2,1-3H3. The molecule has 3 nitrogen and oxygen atoms in total. The molecule has 0 aliphatic carbocycles. The number of aromatic nitrogens is 1. The van der Waals surface area contributed by atoms with Crippen LogP contribution in [0.4, 0.5) is 0 Å². The fourth-order valence-electron chi connectivity index (χ4n) is 2.42. The van der Waals surface area contributed by atoms with E-state index >= 15 is 0 Å². The van der Waals surface area contributed by atoms with Crippen LogP contribution in [0, 0.1) is 6.92 Å². The molecule has 1 aliphatic heterocycles. The van der Waals surface area contributed by atoms with Gasteiger partial charge in [0.2, 0.25) is 0 Å². The number of nitrogens with zero attached hydrogens (tertiary/aromatic N) is 1. The van der Waals surface area contributed by atoms with Crippen molar-refractivity contribution in [3.8, 4) is 5.75 Å². The van der Waals surface area contributed by atoms with Gasteiger partial charge in [-0.3, -0.25) is 0 Å². The van der Waals surface area contributed by atoms with Crippen molar-refractivity contribution in [3.05, 3.63) is 45.4 Å². The Labute approximate surface area is 117 Å². The van der Waals surface area contributed by atoms with E-state index in [9.17, 15) is 0 Å². The van der Waals surface area contributed by atoms with Crippen molar-refractivity contribution in [1.82, 2.24) is 10.3 Å². The van der Waals surface area contributed by atoms with E-state index in [1.165, 1.54) is 10.4 Å². The first kappa shape index (κ1) is 12.6. The Morgan fingerprint density at radius 2 is 2.21 bits per heavy atom. The fraction of sp³-hybridized carbons (Fsp3) is 0.400. The summed E-state index contributed by atoms with van der Waals surface area (Å²) in [4.78, 5) is 6.00. The highest BCUT2D eigenvalue weighted by Crippen LogP contribution is 2.39. The number of nitrogens with one attached hydrogen (secondary N) is 1. The molecule has 2 unspecified atom stereocenters. The van der Waals surface area contributed by atoms with Crippen LogP contribution >= 0.6 is 11.3 Å². The zero-order valence-electron chi connectivity index (χ0n) is 11.4. The second-order valence-corrected chi connectivity index (χ2v) is 5.99. The number of rotatable bonds is 3. The lowest BCUT2D eigenvalue weighted by Gasteiger charge is -2.08. The Kier molecular flexibility index (Phi) is 3.29. The molecule has 2 aromatic rings. The van der Waals surface area contributed by atoms with Gasteiger partial charge in [0.25, 0.3) is 0 Å². The SMILES string of the molecule is CNC(C)c1sc(C2Cc3ccccc3O2)nc1C. The Hall–Kier alpha value is -1.39. The van der Waals surface area contributed by atoms with E-state index in [4.69, 9.17) is 9.72 Å². The highest BCUT2D eigenvalue weighted by atomic mass is 32.1. The van der Waals surface area contributed by atoms with E-state index in [0.29, 0.717) is 6.04 Å². The highest BCUT2D eigenvalue weighted by molar-refractivity contribution is 7.11. The molecular weight excluding hydrogens is 256 g/mol. The summed E-state index contributed by atoms with van der Waals surface area (Å²) in [6.45, 7) is 4.24. The first-order valence-electron chi connectivity index (χ1n) is 6.58. The Bertz CT molecular complexity index is 569. The monoisotopic (exact) mass is 274 g/mol. The molecule has 0 saturated heterocycles. The summed E-state index contributed by atoms with van der Waals surface area (Å²) < 4.78 is 6.00. The van der Waals surface area contributed by atoms with Crippen LogP contribution in [-0.4, -0.2) is 12.0 Å². The number of aryl methyl sites for hydroxylation is 1. The third-order valence-electron chi connectivity index (χ3n) is 3.60. The van der Waals surface area contributed by atoms with Crippen LogP contribution in [0.5, 0.6) is 5.75 Å². The van der Waals surface area contributed by atoms with Gasteiger partial charge in [-0.15, -0.1) is 11.3 Å². The second-order valence-electron chi connectivity index (χ2n) is 4.93. The zero-order chi connectivity index (χ0) is 13.4. The first-order chi connectivity index (χ1) is 9.19. The summed E-state index contributed by atoms with van der Waals surface area (Å²) in [6, 6.07) is 8.59. The average molecular weight is 274 g/mol. The van der Waals surface area contributed by atoms with Crippen LogP contribution in [0.15, 0.2) is 24.3 Å². The fourth-order valence-corrected chi connectivity index (χ4v) is 3.58. The molecular formula is C15H18N2OS. The van der Waals surface area contributed by atoms with Gasteiger partial charge in [0.05, 0.1) is 5.69 Å². The van der Waals surface area contributed by atoms with Gasteiger partial charge in [-0.2, -0.15) is 0 Å². The average Bonchev–Trinajstić information content (AvgIpc) is 3.00. The van der Waals surface area contributed by atoms with Gasteiger partial charge in [-0.1, -0.05) is 18.2 Å². The van der Waals surface area contributed by atoms with Crippen LogP contribution in [0.3, 0.4) is 0 Å². The van der Waals surface area contributed by atoms with E-state index in [-0.39, 0.29) is 6.10 Å². The number of ether oxygens (including phenoxy) is 1. The van der Waals surface area contributed by atoms with Gasteiger partial charge in [0.15, 0.2) is 6.10 Å². The quantitative estimate of drug-likeness (QED) is 0.931. The zero-order valence-corrected chi connectivity index (χ0v) is 12.3. The largest absolute Gasteiger partial charge is 0.483 e. The molecule has 0 amide bonds. The first-order valence-corrected chi connectivity index (χ1v) is 7.39. The summed E-state index contributed by atoms with van der Waals surface area (Å²) in [5.41, 5.74) is 2.39.